The molecule has 1 unspecified atom stereocenters. The first-order valence-electron chi connectivity index (χ1n) is 8.83. The minimum atomic E-state index is -0.439. The molecular weight excluding hydrogens is 367 g/mol. The molecule has 140 valence electrons. The van der Waals surface area contributed by atoms with E-state index < -0.39 is 6.04 Å². The number of halogens is 1. The second-order valence-corrected chi connectivity index (χ2v) is 7.55. The van der Waals surface area contributed by atoms with Crippen LogP contribution < -0.4 is 5.32 Å². The van der Waals surface area contributed by atoms with Crippen LogP contribution in [-0.4, -0.2) is 45.6 Å². The molecule has 1 aliphatic heterocycles. The van der Waals surface area contributed by atoms with Gasteiger partial charge in [-0.1, -0.05) is 6.92 Å². The fourth-order valence-corrected chi connectivity index (χ4v) is 4.55. The zero-order chi connectivity index (χ0) is 19.1. The maximum absolute atomic E-state index is 13.2. The number of hydrogen-bond acceptors (Lipinski definition) is 4. The second-order valence-electron chi connectivity index (χ2n) is 6.52. The zero-order valence-electron chi connectivity index (χ0n) is 15.0. The van der Waals surface area contributed by atoms with Gasteiger partial charge in [0, 0.05) is 18.5 Å². The number of amides is 2. The summed E-state index contributed by atoms with van der Waals surface area (Å²) in [4.78, 5) is 28.2. The van der Waals surface area contributed by atoms with E-state index in [0.717, 1.165) is 21.6 Å². The van der Waals surface area contributed by atoms with Gasteiger partial charge < -0.3 is 10.2 Å². The van der Waals surface area contributed by atoms with Crippen LogP contribution in [0, 0.1) is 12.7 Å². The van der Waals surface area contributed by atoms with E-state index in [0.29, 0.717) is 24.4 Å². The Kier molecular flexibility index (Phi) is 4.43. The molecule has 0 radical (unpaired) electrons. The van der Waals surface area contributed by atoms with E-state index in [4.69, 9.17) is 0 Å². The first-order valence-corrected chi connectivity index (χ1v) is 9.65. The Balaban J connectivity index is 1.73. The number of fused-ring (bicyclic) bond motifs is 1. The van der Waals surface area contributed by atoms with Crippen LogP contribution in [0.25, 0.3) is 15.9 Å². The molecule has 3 aromatic rings. The number of thiophene rings is 1. The smallest absolute Gasteiger partial charge is 0.264 e. The Morgan fingerprint density at radius 3 is 2.81 bits per heavy atom. The molecule has 0 aliphatic carbocycles. The average molecular weight is 386 g/mol. The lowest BCUT2D eigenvalue weighted by molar-refractivity contribution is -0.127. The highest BCUT2D eigenvalue weighted by Crippen LogP contribution is 2.31. The Hall–Kier alpha value is -2.74. The van der Waals surface area contributed by atoms with Crippen molar-refractivity contribution in [3.63, 3.8) is 0 Å². The van der Waals surface area contributed by atoms with Gasteiger partial charge in [0.05, 0.1) is 16.3 Å². The SMILES string of the molecule is CCC1C(=O)NCCN1C(=O)c1cc2c(C)nn(-c3ccc(F)cc3)c2s1. The van der Waals surface area contributed by atoms with Crippen molar-refractivity contribution in [2.75, 3.05) is 13.1 Å². The van der Waals surface area contributed by atoms with Crippen LogP contribution in [0.15, 0.2) is 30.3 Å². The van der Waals surface area contributed by atoms with Crippen LogP contribution in [-0.2, 0) is 4.79 Å². The van der Waals surface area contributed by atoms with Gasteiger partial charge in [-0.3, -0.25) is 9.59 Å². The van der Waals surface area contributed by atoms with Crippen LogP contribution in [0.1, 0.15) is 28.7 Å². The van der Waals surface area contributed by atoms with Crippen molar-refractivity contribution in [3.8, 4) is 5.69 Å². The van der Waals surface area contributed by atoms with Gasteiger partial charge in [0.15, 0.2) is 0 Å². The number of carbonyl (C=O) groups is 2. The molecular formula is C19H19FN4O2S. The molecule has 0 saturated carbocycles. The number of benzene rings is 1. The van der Waals surface area contributed by atoms with Crippen LogP contribution in [0.5, 0.6) is 0 Å². The lowest BCUT2D eigenvalue weighted by Crippen LogP contribution is -2.56. The van der Waals surface area contributed by atoms with Crippen LogP contribution >= 0.6 is 11.3 Å². The summed E-state index contributed by atoms with van der Waals surface area (Å²) in [6.45, 7) is 4.75. The fourth-order valence-electron chi connectivity index (χ4n) is 3.42. The summed E-state index contributed by atoms with van der Waals surface area (Å²) in [7, 11) is 0. The van der Waals surface area contributed by atoms with Gasteiger partial charge in [0.1, 0.15) is 16.7 Å². The lowest BCUT2D eigenvalue weighted by Gasteiger charge is -2.34. The number of aryl methyl sites for hydroxylation is 1. The van der Waals surface area contributed by atoms with Crippen LogP contribution in [0.3, 0.4) is 0 Å². The Bertz CT molecular complexity index is 1020. The average Bonchev–Trinajstić information content (AvgIpc) is 3.22. The van der Waals surface area contributed by atoms with Crippen LogP contribution in [0.2, 0.25) is 0 Å². The Labute approximate surface area is 159 Å². The second kappa shape index (κ2) is 6.77. The predicted octanol–water partition coefficient (Wildman–Crippen LogP) is 2.89. The highest BCUT2D eigenvalue weighted by Gasteiger charge is 2.33. The molecule has 0 bridgehead atoms. The van der Waals surface area contributed by atoms with Gasteiger partial charge in [0.2, 0.25) is 5.91 Å². The topological polar surface area (TPSA) is 67.2 Å². The molecule has 1 aliphatic rings. The number of hydrogen-bond donors (Lipinski definition) is 1. The molecule has 2 aromatic heterocycles. The minimum Gasteiger partial charge on any atom is -0.353 e. The molecule has 1 saturated heterocycles. The summed E-state index contributed by atoms with van der Waals surface area (Å²) >= 11 is 1.34. The standard InChI is InChI=1S/C19H19FN4O2S/c1-3-15-17(25)21-8-9-23(15)18(26)16-10-14-11(2)22-24(19(14)27-16)13-6-4-12(20)5-7-13/h4-7,10,15H,3,8-9H2,1-2H3,(H,21,25). The molecule has 1 aromatic carbocycles. The van der Waals surface area contributed by atoms with Gasteiger partial charge in [-0.05, 0) is 43.7 Å². The number of nitrogens with zero attached hydrogens (tertiary/aromatic N) is 3. The molecule has 2 amide bonds. The predicted molar refractivity (Wildman–Crippen MR) is 102 cm³/mol. The van der Waals surface area contributed by atoms with Crippen molar-refractivity contribution >= 4 is 33.4 Å². The third kappa shape index (κ3) is 2.99. The van der Waals surface area contributed by atoms with Gasteiger partial charge in [-0.15, -0.1) is 11.3 Å². The number of nitrogens with one attached hydrogen (secondary N) is 1. The molecule has 8 heteroatoms. The van der Waals surface area contributed by atoms with Gasteiger partial charge in [-0.25, -0.2) is 9.07 Å². The first kappa shape index (κ1) is 17.7. The monoisotopic (exact) mass is 386 g/mol. The Morgan fingerprint density at radius 1 is 1.37 bits per heavy atom. The quantitative estimate of drug-likeness (QED) is 0.753. The maximum atomic E-state index is 13.2. The molecule has 3 heterocycles. The van der Waals surface area contributed by atoms with E-state index >= 15 is 0 Å². The lowest BCUT2D eigenvalue weighted by atomic mass is 10.1. The zero-order valence-corrected chi connectivity index (χ0v) is 15.8. The third-order valence-electron chi connectivity index (χ3n) is 4.80. The number of carbonyl (C=O) groups excluding carboxylic acids is 2. The van der Waals surface area contributed by atoms with Crippen molar-refractivity contribution in [1.29, 1.82) is 0 Å². The van der Waals surface area contributed by atoms with Crippen molar-refractivity contribution < 1.29 is 14.0 Å². The van der Waals surface area contributed by atoms with Gasteiger partial charge >= 0.3 is 0 Å². The van der Waals surface area contributed by atoms with Crippen molar-refractivity contribution in [2.45, 2.75) is 26.3 Å². The van der Waals surface area contributed by atoms with E-state index in [1.807, 2.05) is 19.9 Å². The summed E-state index contributed by atoms with van der Waals surface area (Å²) in [6.07, 6.45) is 0.574. The fraction of sp³-hybridized carbons (Fsp3) is 0.316. The molecule has 27 heavy (non-hydrogen) atoms. The van der Waals surface area contributed by atoms with Gasteiger partial charge in [0.25, 0.3) is 5.91 Å². The summed E-state index contributed by atoms with van der Waals surface area (Å²) in [5.74, 6) is -0.551. The molecule has 4 rings (SSSR count). The normalized spacial score (nSPS) is 17.4. The molecule has 1 atom stereocenters. The van der Waals surface area contributed by atoms with E-state index in [1.165, 1.54) is 23.5 Å². The Morgan fingerprint density at radius 2 is 2.11 bits per heavy atom. The minimum absolute atomic E-state index is 0.105. The highest BCUT2D eigenvalue weighted by atomic mass is 32.1. The van der Waals surface area contributed by atoms with E-state index in [9.17, 15) is 14.0 Å². The largest absolute Gasteiger partial charge is 0.353 e. The van der Waals surface area contributed by atoms with Crippen molar-refractivity contribution in [1.82, 2.24) is 20.0 Å². The van der Waals surface area contributed by atoms with Crippen molar-refractivity contribution in [3.05, 3.63) is 46.7 Å². The van der Waals surface area contributed by atoms with Gasteiger partial charge in [-0.2, -0.15) is 5.10 Å². The van der Waals surface area contributed by atoms with E-state index in [2.05, 4.69) is 10.4 Å². The maximum Gasteiger partial charge on any atom is 0.264 e. The molecule has 1 N–H and O–H groups in total. The number of aromatic nitrogens is 2. The van der Waals surface area contributed by atoms with E-state index in [1.54, 1.807) is 21.7 Å². The summed E-state index contributed by atoms with van der Waals surface area (Å²) < 4.78 is 15.0. The van der Waals surface area contributed by atoms with Crippen LogP contribution in [0.4, 0.5) is 4.39 Å². The summed E-state index contributed by atoms with van der Waals surface area (Å²) in [6, 6.07) is 7.48. The molecule has 1 fully saturated rings. The third-order valence-corrected chi connectivity index (χ3v) is 5.90. The first-order chi connectivity index (χ1) is 13.0. The summed E-state index contributed by atoms with van der Waals surface area (Å²) in [5.41, 5.74) is 1.53. The number of rotatable bonds is 3. The molecule has 0 spiro atoms. The van der Waals surface area contributed by atoms with Crippen molar-refractivity contribution in [2.24, 2.45) is 0 Å². The van der Waals surface area contributed by atoms with E-state index in [-0.39, 0.29) is 17.6 Å². The number of piperazine rings is 1. The summed E-state index contributed by atoms with van der Waals surface area (Å²) in [5, 5.41) is 8.22. The highest BCUT2D eigenvalue weighted by molar-refractivity contribution is 7.20. The molecule has 6 nitrogen and oxygen atoms in total.